The molecule has 1 aliphatic heterocycles. The van der Waals surface area contributed by atoms with Gasteiger partial charge in [0.15, 0.2) is 6.29 Å². The monoisotopic (exact) mass is 656 g/mol. The summed E-state index contributed by atoms with van der Waals surface area (Å²) >= 11 is 0. The van der Waals surface area contributed by atoms with Crippen molar-refractivity contribution in [3.05, 3.63) is 34.9 Å². The molecule has 0 bridgehead atoms. The van der Waals surface area contributed by atoms with Gasteiger partial charge in [-0.2, -0.15) is 0 Å². The number of hydrogen-bond donors (Lipinski definition) is 6. The Hall–Kier alpha value is -1.63. The lowest BCUT2D eigenvalue weighted by atomic mass is 9.82. The van der Waals surface area contributed by atoms with Crippen molar-refractivity contribution in [1.82, 2.24) is 0 Å². The van der Waals surface area contributed by atoms with Crippen molar-refractivity contribution < 1.29 is 49.6 Å². The molecule has 1 aliphatic rings. The van der Waals surface area contributed by atoms with E-state index in [4.69, 9.17) is 14.2 Å². The van der Waals surface area contributed by atoms with Gasteiger partial charge < -0.3 is 44.8 Å². The van der Waals surface area contributed by atoms with Crippen LogP contribution in [0.15, 0.2) is 34.9 Å². The van der Waals surface area contributed by atoms with Gasteiger partial charge in [-0.05, 0) is 62.5 Å². The largest absolute Gasteiger partial charge is 0.466 e. The zero-order valence-electron chi connectivity index (χ0n) is 30.0. The number of rotatable bonds is 18. The molecule has 10 heteroatoms. The van der Waals surface area contributed by atoms with Crippen LogP contribution < -0.4 is 0 Å². The first-order valence-electron chi connectivity index (χ1n) is 16.8. The lowest BCUT2D eigenvalue weighted by molar-refractivity contribution is -0.317. The fourth-order valence-electron chi connectivity index (χ4n) is 6.59. The van der Waals surface area contributed by atoms with Gasteiger partial charge in [0.1, 0.15) is 24.4 Å². The average molecular weight is 657 g/mol. The van der Waals surface area contributed by atoms with Crippen LogP contribution in [0.25, 0.3) is 0 Å². The molecular weight excluding hydrogens is 592 g/mol. The Kier molecular flexibility index (Phi) is 18.4. The first kappa shape index (κ1) is 42.4. The van der Waals surface area contributed by atoms with E-state index in [1.54, 1.807) is 19.9 Å². The van der Waals surface area contributed by atoms with E-state index in [1.165, 1.54) is 7.11 Å². The molecule has 46 heavy (non-hydrogen) atoms. The van der Waals surface area contributed by atoms with E-state index in [2.05, 4.69) is 27.7 Å². The Labute approximate surface area is 277 Å². The number of esters is 1. The van der Waals surface area contributed by atoms with Crippen LogP contribution in [-0.4, -0.2) is 99.3 Å². The second kappa shape index (κ2) is 20.0. The van der Waals surface area contributed by atoms with E-state index in [-0.39, 0.29) is 23.7 Å². The second-order valence-corrected chi connectivity index (χ2v) is 14.0. The number of carbonyl (C=O) groups is 1. The number of hydrogen-bond acceptors (Lipinski definition) is 10. The van der Waals surface area contributed by atoms with Crippen molar-refractivity contribution in [3.8, 4) is 0 Å². The van der Waals surface area contributed by atoms with E-state index in [0.29, 0.717) is 28.6 Å². The van der Waals surface area contributed by atoms with Gasteiger partial charge in [-0.25, -0.2) is 4.79 Å². The lowest BCUT2D eigenvalue weighted by Gasteiger charge is -2.42. The summed E-state index contributed by atoms with van der Waals surface area (Å²) in [6, 6.07) is 0. The highest BCUT2D eigenvalue weighted by Gasteiger charge is 2.45. The van der Waals surface area contributed by atoms with Crippen molar-refractivity contribution in [2.45, 2.75) is 138 Å². The standard InChI is InChI=1S/C36H64O10/c1-12-19(2)13-20(3)14-25(8)34(46-36-33(42)32(41)31(40)28(18-37)45-36)26(9)16-23(6)29(38)21(4)15-22(5)30(39)24(7)17-27(10)35(43)44-11/h15-17,19-21,24-26,28-34,36-42H,12-14,18H2,1-11H3/b22-15+,23-16+,27-17+/t19?,20?,21?,24?,25?,26?,28?,29?,30?,31-,32+,33?,34?,36+/m1/s1. The number of carbonyl (C=O) groups excluding carboxylic acids is 1. The van der Waals surface area contributed by atoms with E-state index < -0.39 is 61.6 Å². The summed E-state index contributed by atoms with van der Waals surface area (Å²) < 4.78 is 16.8. The highest BCUT2D eigenvalue weighted by atomic mass is 16.7. The summed E-state index contributed by atoms with van der Waals surface area (Å²) in [4.78, 5) is 11.8. The molecule has 0 spiro atoms. The quantitative estimate of drug-likeness (QED) is 0.0724. The normalized spacial score (nSPS) is 29.2. The molecule has 1 saturated heterocycles. The summed E-state index contributed by atoms with van der Waals surface area (Å²) in [5, 5.41) is 63.2. The zero-order valence-corrected chi connectivity index (χ0v) is 30.0. The van der Waals surface area contributed by atoms with Crippen LogP contribution in [0.5, 0.6) is 0 Å². The van der Waals surface area contributed by atoms with Crippen molar-refractivity contribution in [1.29, 1.82) is 0 Å². The summed E-state index contributed by atoms with van der Waals surface area (Å²) in [5.74, 6) is -0.402. The fraction of sp³-hybridized carbons (Fsp3) is 0.806. The molecule has 0 aromatic heterocycles. The van der Waals surface area contributed by atoms with Crippen LogP contribution in [0.3, 0.4) is 0 Å². The van der Waals surface area contributed by atoms with Gasteiger partial charge in [-0.15, -0.1) is 0 Å². The van der Waals surface area contributed by atoms with Crippen molar-refractivity contribution in [2.75, 3.05) is 13.7 Å². The van der Waals surface area contributed by atoms with E-state index in [9.17, 15) is 35.4 Å². The van der Waals surface area contributed by atoms with Gasteiger partial charge in [0.05, 0.1) is 32.0 Å². The maximum Gasteiger partial charge on any atom is 0.333 e. The molecule has 0 amide bonds. The minimum absolute atomic E-state index is 0.000295. The van der Waals surface area contributed by atoms with Crippen molar-refractivity contribution in [3.63, 3.8) is 0 Å². The van der Waals surface area contributed by atoms with Gasteiger partial charge in [0.25, 0.3) is 0 Å². The molecule has 0 aromatic rings. The van der Waals surface area contributed by atoms with E-state index in [1.807, 2.05) is 39.8 Å². The third kappa shape index (κ3) is 12.4. The number of aliphatic hydroxyl groups is 6. The predicted octanol–water partition coefficient (Wildman–Crippen LogP) is 3.91. The predicted molar refractivity (Wildman–Crippen MR) is 178 cm³/mol. The average Bonchev–Trinajstić information content (AvgIpc) is 3.01. The fourth-order valence-corrected chi connectivity index (χ4v) is 6.59. The number of aliphatic hydroxyl groups excluding tert-OH is 6. The first-order chi connectivity index (χ1) is 21.4. The van der Waals surface area contributed by atoms with Crippen LogP contribution in [0.1, 0.15) is 88.5 Å². The molecule has 1 fully saturated rings. The Morgan fingerprint density at radius 3 is 1.80 bits per heavy atom. The third-order valence-electron chi connectivity index (χ3n) is 9.50. The Morgan fingerprint density at radius 2 is 1.30 bits per heavy atom. The lowest BCUT2D eigenvalue weighted by Crippen LogP contribution is -2.60. The number of ether oxygens (including phenoxy) is 3. The third-order valence-corrected chi connectivity index (χ3v) is 9.50. The summed E-state index contributed by atoms with van der Waals surface area (Å²) in [6.07, 6.45) is -0.652. The molecule has 11 unspecified atom stereocenters. The van der Waals surface area contributed by atoms with Crippen LogP contribution in [0, 0.1) is 35.5 Å². The summed E-state index contributed by atoms with van der Waals surface area (Å²) in [6.45, 7) is 19.1. The Bertz CT molecular complexity index is 1010. The highest BCUT2D eigenvalue weighted by Crippen LogP contribution is 2.33. The Morgan fingerprint density at radius 1 is 0.783 bits per heavy atom. The molecule has 0 saturated carbocycles. The molecule has 14 atom stereocenters. The highest BCUT2D eigenvalue weighted by molar-refractivity contribution is 5.87. The maximum atomic E-state index is 11.8. The van der Waals surface area contributed by atoms with E-state index >= 15 is 0 Å². The topological polar surface area (TPSA) is 166 Å². The Balaban J connectivity index is 3.23. The summed E-state index contributed by atoms with van der Waals surface area (Å²) in [5.41, 5.74) is 1.78. The second-order valence-electron chi connectivity index (χ2n) is 14.0. The molecule has 268 valence electrons. The maximum absolute atomic E-state index is 11.8. The van der Waals surface area contributed by atoms with Crippen LogP contribution in [-0.2, 0) is 19.0 Å². The zero-order chi connectivity index (χ0) is 35.5. The molecule has 1 rings (SSSR count). The molecule has 0 radical (unpaired) electrons. The molecular formula is C36H64O10. The smallest absolute Gasteiger partial charge is 0.333 e. The molecule has 10 nitrogen and oxygen atoms in total. The number of methoxy groups -OCH3 is 1. The van der Waals surface area contributed by atoms with Crippen LogP contribution in [0.4, 0.5) is 0 Å². The molecule has 1 heterocycles. The molecule has 0 aliphatic carbocycles. The SMILES string of the molecule is CCC(C)CC(C)CC(C)C(O[C@@H]1OC(CO)[C@@H](O)[C@H](O)C1O)C(C)/C=C(\C)C(O)C(C)/C=C(\C)C(O)C(C)/C=C(\C)C(=O)OC. The van der Waals surface area contributed by atoms with Crippen molar-refractivity contribution >= 4 is 5.97 Å². The minimum Gasteiger partial charge on any atom is -0.466 e. The van der Waals surface area contributed by atoms with Gasteiger partial charge in [0, 0.05) is 23.3 Å². The van der Waals surface area contributed by atoms with Gasteiger partial charge in [-0.1, -0.05) is 73.1 Å². The van der Waals surface area contributed by atoms with Crippen LogP contribution >= 0.6 is 0 Å². The molecule has 6 N–H and O–H groups in total. The minimum atomic E-state index is -1.54. The van der Waals surface area contributed by atoms with E-state index in [0.717, 1.165) is 19.3 Å². The summed E-state index contributed by atoms with van der Waals surface area (Å²) in [7, 11) is 1.31. The molecule has 0 aromatic carbocycles. The van der Waals surface area contributed by atoms with Gasteiger partial charge >= 0.3 is 5.97 Å². The van der Waals surface area contributed by atoms with Crippen molar-refractivity contribution in [2.24, 2.45) is 35.5 Å². The van der Waals surface area contributed by atoms with Gasteiger partial charge in [0.2, 0.25) is 0 Å². The van der Waals surface area contributed by atoms with Crippen LogP contribution in [0.2, 0.25) is 0 Å². The first-order valence-corrected chi connectivity index (χ1v) is 16.8. The van der Waals surface area contributed by atoms with Gasteiger partial charge in [-0.3, -0.25) is 0 Å².